The average molecular weight is 254 g/mol. The van der Waals surface area contributed by atoms with Gasteiger partial charge in [0.25, 0.3) is 0 Å². The topological polar surface area (TPSA) is 0 Å². The summed E-state index contributed by atoms with van der Waals surface area (Å²) in [5.41, 5.74) is 3.91. The highest BCUT2D eigenvalue weighted by Gasteiger charge is 2.03. The summed E-state index contributed by atoms with van der Waals surface area (Å²) in [5.74, 6) is 0.463. The first-order chi connectivity index (χ1) is 9.19. The van der Waals surface area contributed by atoms with Gasteiger partial charge in [0.2, 0.25) is 0 Å². The van der Waals surface area contributed by atoms with Crippen molar-refractivity contribution in [2.24, 2.45) is 5.92 Å². The molecule has 0 bridgehead atoms. The fraction of sp³-hybridized carbons (Fsp3) is 0.368. The Labute approximate surface area is 118 Å². The quantitative estimate of drug-likeness (QED) is 0.316. The molecule has 0 aliphatic heterocycles. The molecule has 19 heavy (non-hydrogen) atoms. The number of allylic oxidation sites excluding steroid dienone is 5. The van der Waals surface area contributed by atoms with Gasteiger partial charge in [-0.05, 0) is 30.4 Å². The smallest absolute Gasteiger partial charge is 0.00452 e. The molecule has 0 heterocycles. The van der Waals surface area contributed by atoms with Crippen LogP contribution in [0.2, 0.25) is 0 Å². The number of hydrogen-bond acceptors (Lipinski definition) is 0. The van der Waals surface area contributed by atoms with Gasteiger partial charge in [-0.3, -0.25) is 0 Å². The van der Waals surface area contributed by atoms with Crippen molar-refractivity contribution in [3.8, 4) is 0 Å². The van der Waals surface area contributed by atoms with Crippen LogP contribution in [-0.2, 0) is 0 Å². The zero-order valence-corrected chi connectivity index (χ0v) is 12.5. The second kappa shape index (κ2) is 8.53. The highest BCUT2D eigenvalue weighted by atomic mass is 14.1. The van der Waals surface area contributed by atoms with E-state index in [1.165, 1.54) is 36.0 Å². The van der Waals surface area contributed by atoms with Gasteiger partial charge in [-0.15, -0.1) is 0 Å². The lowest BCUT2D eigenvalue weighted by Crippen LogP contribution is -1.94. The van der Waals surface area contributed by atoms with Crippen molar-refractivity contribution < 1.29 is 0 Å². The van der Waals surface area contributed by atoms with Crippen molar-refractivity contribution in [2.45, 2.75) is 40.0 Å². The normalized spacial score (nSPS) is 14.3. The second-order valence-electron chi connectivity index (χ2n) is 5.07. The van der Waals surface area contributed by atoms with E-state index in [2.05, 4.69) is 63.8 Å². The Bertz CT molecular complexity index is 434. The van der Waals surface area contributed by atoms with Gasteiger partial charge in [0.15, 0.2) is 0 Å². The Morgan fingerprint density at radius 1 is 1.26 bits per heavy atom. The van der Waals surface area contributed by atoms with E-state index >= 15 is 0 Å². The van der Waals surface area contributed by atoms with Gasteiger partial charge in [-0.2, -0.15) is 0 Å². The Balaban J connectivity index is 2.81. The van der Waals surface area contributed by atoms with Crippen LogP contribution in [0.15, 0.2) is 60.7 Å². The van der Waals surface area contributed by atoms with Gasteiger partial charge in [0.05, 0.1) is 0 Å². The highest BCUT2D eigenvalue weighted by molar-refractivity contribution is 5.73. The molecule has 0 nitrogen and oxygen atoms in total. The van der Waals surface area contributed by atoms with Crippen LogP contribution in [0, 0.1) is 5.92 Å². The van der Waals surface area contributed by atoms with Crippen LogP contribution in [0.3, 0.4) is 0 Å². The predicted molar refractivity (Wildman–Crippen MR) is 87.1 cm³/mol. The van der Waals surface area contributed by atoms with Gasteiger partial charge in [-0.1, -0.05) is 87.4 Å². The minimum Gasteiger partial charge on any atom is -0.0985 e. The summed E-state index contributed by atoms with van der Waals surface area (Å²) in [6.45, 7) is 10.7. The van der Waals surface area contributed by atoms with E-state index in [9.17, 15) is 0 Å². The summed E-state index contributed by atoms with van der Waals surface area (Å²) in [6, 6.07) is 10.5. The van der Waals surface area contributed by atoms with Crippen LogP contribution >= 0.6 is 0 Å². The van der Waals surface area contributed by atoms with Crippen LogP contribution in [0.25, 0.3) is 5.57 Å². The molecule has 1 unspecified atom stereocenters. The molecule has 1 aromatic rings. The van der Waals surface area contributed by atoms with Gasteiger partial charge in [0.1, 0.15) is 0 Å². The van der Waals surface area contributed by atoms with Crippen molar-refractivity contribution >= 4 is 5.57 Å². The molecular weight excluding hydrogens is 228 g/mol. The lowest BCUT2D eigenvalue weighted by atomic mass is 9.95. The minimum absolute atomic E-state index is 0.463. The SMILES string of the molecule is C=C/C(=C\C(C)/C(C)=C/CCCC)c1ccccc1. The van der Waals surface area contributed by atoms with Gasteiger partial charge in [0, 0.05) is 0 Å². The van der Waals surface area contributed by atoms with Crippen molar-refractivity contribution in [2.75, 3.05) is 0 Å². The molecule has 1 atom stereocenters. The molecule has 0 aliphatic carbocycles. The molecule has 0 aliphatic rings. The maximum atomic E-state index is 3.94. The Hall–Kier alpha value is -1.56. The van der Waals surface area contributed by atoms with E-state index in [-0.39, 0.29) is 0 Å². The highest BCUT2D eigenvalue weighted by Crippen LogP contribution is 2.21. The average Bonchev–Trinajstić information content (AvgIpc) is 2.45. The largest absolute Gasteiger partial charge is 0.0985 e. The predicted octanol–water partition coefficient (Wildman–Crippen LogP) is 6.03. The van der Waals surface area contributed by atoms with E-state index in [0.717, 1.165) is 0 Å². The zero-order valence-electron chi connectivity index (χ0n) is 12.5. The molecule has 0 spiro atoms. The molecule has 0 radical (unpaired) electrons. The Kier molecular flexibility index (Phi) is 6.95. The molecular formula is C19H26. The maximum absolute atomic E-state index is 3.94. The minimum atomic E-state index is 0.463. The molecule has 0 N–H and O–H groups in total. The number of benzene rings is 1. The van der Waals surface area contributed by atoms with Crippen LogP contribution in [0.1, 0.15) is 45.6 Å². The molecule has 1 rings (SSSR count). The first-order valence-electron chi connectivity index (χ1n) is 7.25. The summed E-state index contributed by atoms with van der Waals surface area (Å²) in [6.07, 6.45) is 10.4. The first-order valence-corrected chi connectivity index (χ1v) is 7.25. The summed E-state index contributed by atoms with van der Waals surface area (Å²) in [4.78, 5) is 0. The molecule has 0 aromatic heterocycles. The Morgan fingerprint density at radius 3 is 2.53 bits per heavy atom. The fourth-order valence-corrected chi connectivity index (χ4v) is 2.03. The van der Waals surface area contributed by atoms with Crippen molar-refractivity contribution in [1.82, 2.24) is 0 Å². The van der Waals surface area contributed by atoms with E-state index in [1.807, 2.05) is 12.1 Å². The molecule has 0 saturated carbocycles. The first kappa shape index (κ1) is 15.5. The summed E-state index contributed by atoms with van der Waals surface area (Å²) in [5, 5.41) is 0. The van der Waals surface area contributed by atoms with Crippen LogP contribution in [0.5, 0.6) is 0 Å². The van der Waals surface area contributed by atoms with Gasteiger partial charge >= 0.3 is 0 Å². The standard InChI is InChI=1S/C19H26/c1-5-7-9-12-16(3)17(4)15-18(6-2)19-13-10-8-11-14-19/h6,8,10-15,17H,2,5,7,9H2,1,3-4H3/b16-12+,18-15+. The molecule has 0 amide bonds. The fourth-order valence-electron chi connectivity index (χ4n) is 2.03. The summed E-state index contributed by atoms with van der Waals surface area (Å²) >= 11 is 0. The van der Waals surface area contributed by atoms with E-state index in [1.54, 1.807) is 0 Å². The Morgan fingerprint density at radius 2 is 1.95 bits per heavy atom. The molecule has 0 heteroatoms. The third-order valence-electron chi connectivity index (χ3n) is 3.50. The monoisotopic (exact) mass is 254 g/mol. The van der Waals surface area contributed by atoms with Crippen LogP contribution in [-0.4, -0.2) is 0 Å². The van der Waals surface area contributed by atoms with Crippen molar-refractivity contribution in [1.29, 1.82) is 0 Å². The molecule has 102 valence electrons. The van der Waals surface area contributed by atoms with Gasteiger partial charge < -0.3 is 0 Å². The van der Waals surface area contributed by atoms with Crippen molar-refractivity contribution in [3.63, 3.8) is 0 Å². The number of unbranched alkanes of at least 4 members (excludes halogenated alkanes) is 2. The second-order valence-corrected chi connectivity index (χ2v) is 5.07. The maximum Gasteiger partial charge on any atom is -0.00452 e. The lowest BCUT2D eigenvalue weighted by Gasteiger charge is -2.10. The van der Waals surface area contributed by atoms with Gasteiger partial charge in [-0.25, -0.2) is 0 Å². The van der Waals surface area contributed by atoms with E-state index in [0.29, 0.717) is 5.92 Å². The van der Waals surface area contributed by atoms with E-state index in [4.69, 9.17) is 0 Å². The number of hydrogen-bond donors (Lipinski definition) is 0. The summed E-state index contributed by atoms with van der Waals surface area (Å²) in [7, 11) is 0. The lowest BCUT2D eigenvalue weighted by molar-refractivity contribution is 0.789. The van der Waals surface area contributed by atoms with Crippen LogP contribution < -0.4 is 0 Å². The molecule has 0 fully saturated rings. The zero-order chi connectivity index (χ0) is 14.1. The van der Waals surface area contributed by atoms with Crippen molar-refractivity contribution in [3.05, 3.63) is 66.3 Å². The summed E-state index contributed by atoms with van der Waals surface area (Å²) < 4.78 is 0. The third kappa shape index (κ3) is 5.30. The van der Waals surface area contributed by atoms with E-state index < -0.39 is 0 Å². The third-order valence-corrected chi connectivity index (χ3v) is 3.50. The molecule has 0 saturated heterocycles. The number of rotatable bonds is 7. The van der Waals surface area contributed by atoms with Crippen LogP contribution in [0.4, 0.5) is 0 Å². The molecule has 1 aromatic carbocycles.